The topological polar surface area (TPSA) is 84.9 Å². The normalized spacial score (nSPS) is 20.4. The lowest BCUT2D eigenvalue weighted by Crippen LogP contribution is -2.39. The quantitative estimate of drug-likeness (QED) is 0.427. The summed E-state index contributed by atoms with van der Waals surface area (Å²) in [7, 11) is 2.98. The molecule has 0 radical (unpaired) electrons. The molecule has 2 aliphatic carbocycles. The first kappa shape index (κ1) is 24.9. The number of ketones is 1. The number of anilines is 2. The number of rotatable bonds is 5. The molecule has 7 nitrogen and oxygen atoms in total. The molecule has 0 bridgehead atoms. The molecule has 7 heteroatoms. The van der Waals surface area contributed by atoms with E-state index in [4.69, 9.17) is 9.47 Å². The molecule has 0 spiro atoms. The predicted octanol–water partition coefficient (Wildman–Crippen LogP) is 5.79. The number of esters is 1. The zero-order chi connectivity index (χ0) is 27.1. The van der Waals surface area contributed by atoms with E-state index in [1.165, 1.54) is 7.11 Å². The molecule has 1 amide bonds. The molecule has 1 N–H and O–H groups in total. The van der Waals surface area contributed by atoms with Crippen LogP contribution in [0.15, 0.2) is 84.1 Å². The van der Waals surface area contributed by atoms with Crippen LogP contribution in [0.5, 0.6) is 5.75 Å². The first-order valence-electron chi connectivity index (χ1n) is 13.3. The first-order valence-corrected chi connectivity index (χ1v) is 13.3. The standard InChI is InChI=1S/C32H30N2O5/c1-38-24-15-13-19(14-16-24)23-17-26-29(28(35)18-23)30(20-7-11-22(12-8-20)32(37)39-2)34(31(36)21-9-10-21)27-6-4-3-5-25(27)33-26/h3-8,11-16,21,23,30,33H,9-10,17-18H2,1-2H3/t23-,30+/m0/s1. The number of fused-ring (bicyclic) bond motifs is 1. The SMILES string of the molecule is COC(=O)c1ccc([C@@H]2C3=C(C[C@H](c4ccc(OC)cc4)CC3=O)Nc3ccccc3N2C(=O)C2CC2)cc1. The fourth-order valence-corrected chi connectivity index (χ4v) is 5.71. The van der Waals surface area contributed by atoms with Crippen molar-refractivity contribution in [3.05, 3.63) is 101 Å². The molecule has 1 aliphatic heterocycles. The summed E-state index contributed by atoms with van der Waals surface area (Å²) in [6, 6.07) is 22.0. The number of hydrogen-bond donors (Lipinski definition) is 1. The van der Waals surface area contributed by atoms with Crippen LogP contribution >= 0.6 is 0 Å². The highest BCUT2D eigenvalue weighted by Crippen LogP contribution is 2.49. The van der Waals surface area contributed by atoms with Crippen molar-refractivity contribution in [1.29, 1.82) is 0 Å². The summed E-state index contributed by atoms with van der Waals surface area (Å²) in [4.78, 5) is 41.9. The highest BCUT2D eigenvalue weighted by molar-refractivity contribution is 6.07. The second-order valence-electron chi connectivity index (χ2n) is 10.3. The second kappa shape index (κ2) is 10.1. The number of amides is 1. The summed E-state index contributed by atoms with van der Waals surface area (Å²) in [5.41, 5.74) is 5.25. The van der Waals surface area contributed by atoms with Crippen molar-refractivity contribution >= 4 is 29.0 Å². The molecular weight excluding hydrogens is 492 g/mol. The van der Waals surface area contributed by atoms with Gasteiger partial charge in [0.25, 0.3) is 0 Å². The van der Waals surface area contributed by atoms with Gasteiger partial charge in [0.05, 0.1) is 37.2 Å². The minimum absolute atomic E-state index is 0.00477. The van der Waals surface area contributed by atoms with Crippen LogP contribution in [0.4, 0.5) is 11.4 Å². The molecule has 198 valence electrons. The summed E-state index contributed by atoms with van der Waals surface area (Å²) >= 11 is 0. The number of allylic oxidation sites excluding steroid dienone is 1. The fourth-order valence-electron chi connectivity index (χ4n) is 5.71. The summed E-state index contributed by atoms with van der Waals surface area (Å²) in [6.45, 7) is 0. The number of para-hydroxylation sites is 2. The van der Waals surface area contributed by atoms with Crippen LogP contribution < -0.4 is 15.0 Å². The molecule has 3 aromatic rings. The smallest absolute Gasteiger partial charge is 0.337 e. The highest BCUT2D eigenvalue weighted by Gasteiger charge is 2.45. The van der Waals surface area contributed by atoms with E-state index < -0.39 is 12.0 Å². The third-order valence-corrected chi connectivity index (χ3v) is 7.89. The predicted molar refractivity (Wildman–Crippen MR) is 148 cm³/mol. The maximum atomic E-state index is 14.1. The zero-order valence-electron chi connectivity index (χ0n) is 22.0. The van der Waals surface area contributed by atoms with Crippen molar-refractivity contribution in [2.75, 3.05) is 24.4 Å². The largest absolute Gasteiger partial charge is 0.497 e. The van der Waals surface area contributed by atoms with E-state index in [-0.39, 0.29) is 23.5 Å². The van der Waals surface area contributed by atoms with Crippen molar-refractivity contribution < 1.29 is 23.9 Å². The third kappa shape index (κ3) is 4.58. The molecule has 3 aliphatic rings. The van der Waals surface area contributed by atoms with Crippen molar-refractivity contribution in [1.82, 2.24) is 0 Å². The van der Waals surface area contributed by atoms with E-state index in [1.807, 2.05) is 60.7 Å². The molecule has 6 rings (SSSR count). The Labute approximate surface area is 227 Å². The molecule has 1 heterocycles. The van der Waals surface area contributed by atoms with Gasteiger partial charge in [-0.2, -0.15) is 0 Å². The van der Waals surface area contributed by atoms with E-state index in [1.54, 1.807) is 24.1 Å². The Morgan fingerprint density at radius 3 is 2.23 bits per heavy atom. The van der Waals surface area contributed by atoms with Gasteiger partial charge in [-0.15, -0.1) is 0 Å². The molecule has 3 aromatic carbocycles. The van der Waals surface area contributed by atoms with E-state index in [0.29, 0.717) is 24.0 Å². The summed E-state index contributed by atoms with van der Waals surface area (Å²) < 4.78 is 10.2. The summed E-state index contributed by atoms with van der Waals surface area (Å²) in [6.07, 6.45) is 2.66. The van der Waals surface area contributed by atoms with Gasteiger partial charge in [-0.25, -0.2) is 4.79 Å². The molecular formula is C32H30N2O5. The van der Waals surface area contributed by atoms with Crippen molar-refractivity contribution in [3.63, 3.8) is 0 Å². The molecule has 39 heavy (non-hydrogen) atoms. The van der Waals surface area contributed by atoms with Crippen molar-refractivity contribution in [2.24, 2.45) is 5.92 Å². The molecule has 1 saturated carbocycles. The minimum atomic E-state index is -0.611. The fraction of sp³-hybridized carbons (Fsp3) is 0.281. The zero-order valence-corrected chi connectivity index (χ0v) is 22.0. The van der Waals surface area contributed by atoms with Gasteiger partial charge in [-0.05, 0) is 72.7 Å². The first-order chi connectivity index (χ1) is 19.0. The Morgan fingerprint density at radius 1 is 0.872 bits per heavy atom. The third-order valence-electron chi connectivity index (χ3n) is 7.89. The Kier molecular flexibility index (Phi) is 6.43. The Hall–Kier alpha value is -4.39. The molecule has 0 saturated heterocycles. The van der Waals surface area contributed by atoms with Crippen molar-refractivity contribution in [2.45, 2.75) is 37.6 Å². The average molecular weight is 523 g/mol. The molecule has 2 atom stereocenters. The second-order valence-corrected chi connectivity index (χ2v) is 10.3. The van der Waals surface area contributed by atoms with Crippen LogP contribution in [0.1, 0.15) is 59.1 Å². The molecule has 0 aromatic heterocycles. The number of ether oxygens (including phenoxy) is 2. The highest BCUT2D eigenvalue weighted by atomic mass is 16.5. The van der Waals surface area contributed by atoms with Gasteiger partial charge >= 0.3 is 5.97 Å². The number of hydrogen-bond acceptors (Lipinski definition) is 6. The van der Waals surface area contributed by atoms with Gasteiger partial charge < -0.3 is 14.8 Å². The Morgan fingerprint density at radius 2 is 1.56 bits per heavy atom. The van der Waals surface area contributed by atoms with Crippen LogP contribution in [0.2, 0.25) is 0 Å². The number of carbonyl (C=O) groups excluding carboxylic acids is 3. The number of Topliss-reactive ketones (excluding diaryl/α,β-unsaturated/α-hetero) is 1. The maximum Gasteiger partial charge on any atom is 0.337 e. The van der Waals surface area contributed by atoms with Crippen molar-refractivity contribution in [3.8, 4) is 5.75 Å². The van der Waals surface area contributed by atoms with Crippen LogP contribution in [0.3, 0.4) is 0 Å². The van der Waals surface area contributed by atoms with Gasteiger partial charge in [0.1, 0.15) is 5.75 Å². The lowest BCUT2D eigenvalue weighted by molar-refractivity contribution is -0.120. The van der Waals surface area contributed by atoms with E-state index in [2.05, 4.69) is 5.32 Å². The van der Waals surface area contributed by atoms with Crippen LogP contribution in [-0.4, -0.2) is 31.9 Å². The van der Waals surface area contributed by atoms with Crippen LogP contribution in [-0.2, 0) is 14.3 Å². The minimum Gasteiger partial charge on any atom is -0.497 e. The molecule has 1 fully saturated rings. The van der Waals surface area contributed by atoms with Gasteiger partial charge in [0.15, 0.2) is 5.78 Å². The van der Waals surface area contributed by atoms with Gasteiger partial charge in [0, 0.05) is 23.6 Å². The van der Waals surface area contributed by atoms with E-state index in [0.717, 1.165) is 46.8 Å². The maximum absolute atomic E-state index is 14.1. The Balaban J connectivity index is 1.49. The lowest BCUT2D eigenvalue weighted by atomic mass is 9.78. The number of nitrogens with zero attached hydrogens (tertiary/aromatic N) is 1. The van der Waals surface area contributed by atoms with Gasteiger partial charge in [-0.3, -0.25) is 14.5 Å². The van der Waals surface area contributed by atoms with Gasteiger partial charge in [0.2, 0.25) is 5.91 Å². The Bertz CT molecular complexity index is 1470. The van der Waals surface area contributed by atoms with Crippen LogP contribution in [0, 0.1) is 5.92 Å². The molecule has 0 unspecified atom stereocenters. The van der Waals surface area contributed by atoms with E-state index in [9.17, 15) is 14.4 Å². The summed E-state index contributed by atoms with van der Waals surface area (Å²) in [5.74, 6) is 0.305. The number of nitrogens with one attached hydrogen (secondary N) is 1. The number of carbonyl (C=O) groups is 3. The number of methoxy groups -OCH3 is 2. The summed E-state index contributed by atoms with van der Waals surface area (Å²) in [5, 5.41) is 3.56. The average Bonchev–Trinajstić information content (AvgIpc) is 3.83. The van der Waals surface area contributed by atoms with Crippen LogP contribution in [0.25, 0.3) is 0 Å². The lowest BCUT2D eigenvalue weighted by Gasteiger charge is -2.35. The number of benzene rings is 3. The monoisotopic (exact) mass is 522 g/mol. The van der Waals surface area contributed by atoms with Gasteiger partial charge in [-0.1, -0.05) is 36.4 Å². The van der Waals surface area contributed by atoms with E-state index >= 15 is 0 Å².